The fourth-order valence-electron chi connectivity index (χ4n) is 3.68. The number of hydrogen-bond acceptors (Lipinski definition) is 4. The van der Waals surface area contributed by atoms with E-state index in [0.29, 0.717) is 6.04 Å². The molecule has 0 radical (unpaired) electrons. The number of carbonyl (C=O) groups excluding carboxylic acids is 1. The van der Waals surface area contributed by atoms with E-state index in [4.69, 9.17) is 0 Å². The minimum Gasteiger partial charge on any atom is -0.354 e. The van der Waals surface area contributed by atoms with Crippen LogP contribution in [0.15, 0.2) is 12.3 Å². The van der Waals surface area contributed by atoms with Gasteiger partial charge < -0.3 is 15.5 Å². The van der Waals surface area contributed by atoms with Crippen molar-refractivity contribution in [3.63, 3.8) is 0 Å². The molecule has 126 valence electrons. The van der Waals surface area contributed by atoms with Gasteiger partial charge in [-0.25, -0.2) is 4.98 Å². The molecule has 0 bridgehead atoms. The van der Waals surface area contributed by atoms with E-state index in [1.165, 1.54) is 19.3 Å². The summed E-state index contributed by atoms with van der Waals surface area (Å²) < 4.78 is 0. The Bertz CT molecular complexity index is 554. The lowest BCUT2D eigenvalue weighted by Crippen LogP contribution is -2.38. The maximum atomic E-state index is 12.3. The van der Waals surface area contributed by atoms with Crippen molar-refractivity contribution in [1.82, 2.24) is 10.3 Å². The van der Waals surface area contributed by atoms with E-state index in [1.807, 2.05) is 6.20 Å². The molecule has 1 amide bonds. The highest BCUT2D eigenvalue weighted by molar-refractivity contribution is 5.92. The first-order chi connectivity index (χ1) is 11.1. The van der Waals surface area contributed by atoms with Gasteiger partial charge in [0.1, 0.15) is 5.82 Å². The molecule has 0 aromatic carbocycles. The van der Waals surface area contributed by atoms with Crippen LogP contribution in [-0.2, 0) is 4.79 Å². The van der Waals surface area contributed by atoms with E-state index >= 15 is 0 Å². The van der Waals surface area contributed by atoms with Gasteiger partial charge >= 0.3 is 0 Å². The molecule has 0 spiro atoms. The second-order valence-electron chi connectivity index (χ2n) is 6.92. The van der Waals surface area contributed by atoms with Crippen LogP contribution in [-0.4, -0.2) is 36.6 Å². The number of carbonyl (C=O) groups is 1. The Balaban J connectivity index is 1.67. The maximum Gasteiger partial charge on any atom is 0.227 e. The van der Waals surface area contributed by atoms with E-state index in [9.17, 15) is 4.79 Å². The largest absolute Gasteiger partial charge is 0.354 e. The third-order valence-electron chi connectivity index (χ3n) is 5.10. The smallest absolute Gasteiger partial charge is 0.227 e. The quantitative estimate of drug-likeness (QED) is 0.900. The van der Waals surface area contributed by atoms with Crippen LogP contribution in [0.2, 0.25) is 0 Å². The highest BCUT2D eigenvalue weighted by Gasteiger charge is 2.23. The van der Waals surface area contributed by atoms with E-state index in [2.05, 4.69) is 40.4 Å². The molecule has 1 atom stereocenters. The number of hydrogen-bond donors (Lipinski definition) is 2. The van der Waals surface area contributed by atoms with Gasteiger partial charge in [0.05, 0.1) is 11.9 Å². The van der Waals surface area contributed by atoms with E-state index < -0.39 is 0 Å². The van der Waals surface area contributed by atoms with Crippen molar-refractivity contribution in [3.05, 3.63) is 17.8 Å². The van der Waals surface area contributed by atoms with Gasteiger partial charge in [-0.2, -0.15) is 0 Å². The second-order valence-corrected chi connectivity index (χ2v) is 6.92. The molecule has 23 heavy (non-hydrogen) atoms. The molecule has 0 aliphatic carbocycles. The number of amides is 1. The van der Waals surface area contributed by atoms with Crippen molar-refractivity contribution in [3.8, 4) is 0 Å². The Hall–Kier alpha value is -1.62. The van der Waals surface area contributed by atoms with Crippen molar-refractivity contribution in [2.75, 3.05) is 29.9 Å². The Morgan fingerprint density at radius 1 is 1.30 bits per heavy atom. The number of rotatable bonds is 3. The van der Waals surface area contributed by atoms with Crippen molar-refractivity contribution in [2.24, 2.45) is 5.92 Å². The molecule has 3 heterocycles. The first-order valence-corrected chi connectivity index (χ1v) is 8.90. The molecule has 2 aliphatic heterocycles. The average molecular weight is 316 g/mol. The Labute approximate surface area is 138 Å². The van der Waals surface area contributed by atoms with Gasteiger partial charge in [0.15, 0.2) is 0 Å². The lowest BCUT2D eigenvalue weighted by Gasteiger charge is -2.35. The molecule has 3 rings (SSSR count). The van der Waals surface area contributed by atoms with E-state index in [-0.39, 0.29) is 11.8 Å². The third-order valence-corrected chi connectivity index (χ3v) is 5.10. The zero-order chi connectivity index (χ0) is 16.2. The number of aryl methyl sites for hydroxylation is 1. The van der Waals surface area contributed by atoms with Crippen LogP contribution in [0.5, 0.6) is 0 Å². The Kier molecular flexibility index (Phi) is 5.16. The van der Waals surface area contributed by atoms with Gasteiger partial charge in [-0.05, 0) is 70.7 Å². The summed E-state index contributed by atoms with van der Waals surface area (Å²) in [5, 5.41) is 6.34. The van der Waals surface area contributed by atoms with Crippen LogP contribution in [0.1, 0.15) is 44.6 Å². The zero-order valence-electron chi connectivity index (χ0n) is 14.3. The lowest BCUT2D eigenvalue weighted by molar-refractivity contribution is -0.120. The molecule has 1 aromatic heterocycles. The van der Waals surface area contributed by atoms with Crippen molar-refractivity contribution >= 4 is 17.4 Å². The number of nitrogens with zero attached hydrogens (tertiary/aromatic N) is 2. The molecule has 5 nitrogen and oxygen atoms in total. The normalized spacial score (nSPS) is 22.9. The lowest BCUT2D eigenvalue weighted by atomic mass is 9.97. The number of nitrogens with one attached hydrogen (secondary N) is 2. The summed E-state index contributed by atoms with van der Waals surface area (Å²) in [5.74, 6) is 1.32. The molecule has 1 unspecified atom stereocenters. The van der Waals surface area contributed by atoms with Gasteiger partial charge in [0.25, 0.3) is 0 Å². The summed E-state index contributed by atoms with van der Waals surface area (Å²) in [6, 6.07) is 2.60. The number of anilines is 2. The second kappa shape index (κ2) is 7.30. The number of piperidine rings is 2. The molecule has 0 saturated carbocycles. The topological polar surface area (TPSA) is 57.3 Å². The van der Waals surface area contributed by atoms with Crippen LogP contribution in [0.3, 0.4) is 0 Å². The molecule has 2 fully saturated rings. The summed E-state index contributed by atoms with van der Waals surface area (Å²) in [4.78, 5) is 19.4. The van der Waals surface area contributed by atoms with E-state index in [0.717, 1.165) is 49.5 Å². The molecule has 2 saturated heterocycles. The van der Waals surface area contributed by atoms with Gasteiger partial charge in [-0.15, -0.1) is 0 Å². The minimum atomic E-state index is 0.123. The van der Waals surface area contributed by atoms with E-state index in [1.54, 1.807) is 0 Å². The summed E-state index contributed by atoms with van der Waals surface area (Å²) >= 11 is 0. The molecular formula is C18H28N4O. The summed E-state index contributed by atoms with van der Waals surface area (Å²) in [7, 11) is 0. The van der Waals surface area contributed by atoms with Crippen LogP contribution >= 0.6 is 0 Å². The monoisotopic (exact) mass is 316 g/mol. The highest BCUT2D eigenvalue weighted by Crippen LogP contribution is 2.27. The summed E-state index contributed by atoms with van der Waals surface area (Å²) in [6.07, 6.45) is 7.42. The van der Waals surface area contributed by atoms with Crippen LogP contribution < -0.4 is 15.5 Å². The molecule has 2 N–H and O–H groups in total. The van der Waals surface area contributed by atoms with Crippen molar-refractivity contribution < 1.29 is 4.79 Å². The van der Waals surface area contributed by atoms with Crippen molar-refractivity contribution in [2.45, 2.75) is 52.0 Å². The summed E-state index contributed by atoms with van der Waals surface area (Å²) in [5.41, 5.74) is 1.96. The summed E-state index contributed by atoms with van der Waals surface area (Å²) in [6.45, 7) is 7.30. The first-order valence-electron chi connectivity index (χ1n) is 8.90. The van der Waals surface area contributed by atoms with Crippen LogP contribution in [0, 0.1) is 12.8 Å². The number of pyridine rings is 1. The predicted octanol–water partition coefficient (Wildman–Crippen LogP) is 2.71. The Morgan fingerprint density at radius 3 is 2.78 bits per heavy atom. The fraction of sp³-hybridized carbons (Fsp3) is 0.667. The average Bonchev–Trinajstić information content (AvgIpc) is 2.57. The van der Waals surface area contributed by atoms with Crippen LogP contribution in [0.25, 0.3) is 0 Å². The molecule has 5 heteroatoms. The third kappa shape index (κ3) is 3.83. The molecular weight excluding hydrogens is 288 g/mol. The SMILES string of the molecule is Cc1cc(NC(=O)C2CCNCC2)cnc1N1CCCCC1C. The molecule has 2 aliphatic rings. The van der Waals surface area contributed by atoms with Gasteiger partial charge in [0, 0.05) is 18.5 Å². The zero-order valence-corrected chi connectivity index (χ0v) is 14.3. The molecule has 1 aromatic rings. The minimum absolute atomic E-state index is 0.123. The van der Waals surface area contributed by atoms with Crippen molar-refractivity contribution in [1.29, 1.82) is 0 Å². The van der Waals surface area contributed by atoms with Gasteiger partial charge in [0.2, 0.25) is 5.91 Å². The highest BCUT2D eigenvalue weighted by atomic mass is 16.1. The Morgan fingerprint density at radius 2 is 2.09 bits per heavy atom. The number of aromatic nitrogens is 1. The fourth-order valence-corrected chi connectivity index (χ4v) is 3.68. The van der Waals surface area contributed by atoms with Gasteiger partial charge in [-0.3, -0.25) is 4.79 Å². The van der Waals surface area contributed by atoms with Gasteiger partial charge in [-0.1, -0.05) is 0 Å². The predicted molar refractivity (Wildman–Crippen MR) is 93.9 cm³/mol. The first kappa shape index (κ1) is 16.2. The van der Waals surface area contributed by atoms with Crippen LogP contribution in [0.4, 0.5) is 11.5 Å². The maximum absolute atomic E-state index is 12.3. The standard InChI is InChI=1S/C18H28N4O/c1-13-11-16(21-18(23)15-6-8-19-9-7-15)12-20-17(13)22-10-4-3-5-14(22)2/h11-12,14-15,19H,3-10H2,1-2H3,(H,21,23).